The van der Waals surface area contributed by atoms with Crippen molar-refractivity contribution in [3.63, 3.8) is 0 Å². The van der Waals surface area contributed by atoms with Crippen LogP contribution in [0.5, 0.6) is 0 Å². The Morgan fingerprint density at radius 2 is 2.23 bits per heavy atom. The van der Waals surface area contributed by atoms with Gasteiger partial charge in [-0.15, -0.1) is 0 Å². The summed E-state index contributed by atoms with van der Waals surface area (Å²) < 4.78 is 13.1. The minimum atomic E-state index is -0.595. The van der Waals surface area contributed by atoms with E-state index in [2.05, 4.69) is 15.9 Å². The van der Waals surface area contributed by atoms with Gasteiger partial charge in [-0.3, -0.25) is 10.1 Å². The van der Waals surface area contributed by atoms with Crippen molar-refractivity contribution in [2.45, 2.75) is 6.54 Å². The Morgan fingerprint density at radius 1 is 1.62 bits per heavy atom. The lowest BCUT2D eigenvalue weighted by molar-refractivity contribution is -0.385. The summed E-state index contributed by atoms with van der Waals surface area (Å²) in [5.41, 5.74) is 5.15. The number of nitro benzene ring substituents is 1. The van der Waals surface area contributed by atoms with E-state index in [4.69, 9.17) is 5.73 Å². The van der Waals surface area contributed by atoms with Crippen LogP contribution in [0.25, 0.3) is 0 Å². The Balaban J connectivity index is 3.30. The van der Waals surface area contributed by atoms with Gasteiger partial charge in [-0.1, -0.05) is 0 Å². The van der Waals surface area contributed by atoms with E-state index >= 15 is 0 Å². The third-order valence-electron chi connectivity index (χ3n) is 1.53. The molecule has 0 spiro atoms. The Labute approximate surface area is 81.8 Å². The highest BCUT2D eigenvalue weighted by atomic mass is 79.9. The Morgan fingerprint density at radius 3 is 2.69 bits per heavy atom. The Bertz CT molecular complexity index is 357. The molecule has 1 rings (SSSR count). The van der Waals surface area contributed by atoms with E-state index in [0.29, 0.717) is 0 Å². The Kier molecular flexibility index (Phi) is 2.94. The van der Waals surface area contributed by atoms with Crippen LogP contribution in [-0.2, 0) is 6.54 Å². The topological polar surface area (TPSA) is 69.2 Å². The van der Waals surface area contributed by atoms with Gasteiger partial charge in [-0.05, 0) is 22.0 Å². The van der Waals surface area contributed by atoms with Crippen molar-refractivity contribution < 1.29 is 9.31 Å². The number of benzene rings is 1. The molecule has 13 heavy (non-hydrogen) atoms. The molecule has 0 aliphatic rings. The fourth-order valence-electron chi connectivity index (χ4n) is 0.877. The fourth-order valence-corrected chi connectivity index (χ4v) is 1.34. The summed E-state index contributed by atoms with van der Waals surface area (Å²) in [4.78, 5) is 9.82. The lowest BCUT2D eigenvalue weighted by Crippen LogP contribution is -2.01. The Hall–Kier alpha value is -1.01. The lowest BCUT2D eigenvalue weighted by Gasteiger charge is -2.00. The van der Waals surface area contributed by atoms with Crippen molar-refractivity contribution in [1.29, 1.82) is 0 Å². The molecular formula is C7H6BrFN2O2. The standard InChI is InChI=1S/C7H6BrFN2O2/c8-5-2-6(9)4(3-10)1-7(5)11(12)13/h1-2H,3,10H2. The third kappa shape index (κ3) is 2.02. The molecule has 0 bridgehead atoms. The number of hydrogen-bond acceptors (Lipinski definition) is 3. The lowest BCUT2D eigenvalue weighted by atomic mass is 10.2. The van der Waals surface area contributed by atoms with Crippen LogP contribution < -0.4 is 5.73 Å². The van der Waals surface area contributed by atoms with E-state index in [1.165, 1.54) is 0 Å². The summed E-state index contributed by atoms with van der Waals surface area (Å²) in [6, 6.07) is 2.17. The number of hydrogen-bond donors (Lipinski definition) is 1. The molecule has 4 nitrogen and oxygen atoms in total. The molecule has 2 N–H and O–H groups in total. The molecule has 0 heterocycles. The molecule has 0 aromatic heterocycles. The predicted octanol–water partition coefficient (Wildman–Crippen LogP) is 1.96. The molecule has 0 radical (unpaired) electrons. The summed E-state index contributed by atoms with van der Waals surface area (Å²) in [5, 5.41) is 10.4. The second-order valence-electron chi connectivity index (χ2n) is 2.36. The zero-order valence-electron chi connectivity index (χ0n) is 6.46. The number of rotatable bonds is 2. The number of halogens is 2. The van der Waals surface area contributed by atoms with E-state index in [0.717, 1.165) is 12.1 Å². The van der Waals surface area contributed by atoms with Gasteiger partial charge in [0.15, 0.2) is 0 Å². The molecule has 0 fully saturated rings. The van der Waals surface area contributed by atoms with Crippen LogP contribution in [0.15, 0.2) is 16.6 Å². The van der Waals surface area contributed by atoms with Crippen LogP contribution in [0.2, 0.25) is 0 Å². The molecule has 0 unspecified atom stereocenters. The first-order valence-electron chi connectivity index (χ1n) is 3.38. The smallest absolute Gasteiger partial charge is 0.284 e. The van der Waals surface area contributed by atoms with Crippen molar-refractivity contribution in [3.8, 4) is 0 Å². The van der Waals surface area contributed by atoms with Crippen molar-refractivity contribution >= 4 is 21.6 Å². The molecule has 0 aliphatic heterocycles. The van der Waals surface area contributed by atoms with Crippen molar-refractivity contribution in [2.24, 2.45) is 5.73 Å². The molecule has 1 aromatic carbocycles. The summed E-state index contributed by atoms with van der Waals surface area (Å²) in [7, 11) is 0. The first-order valence-corrected chi connectivity index (χ1v) is 4.18. The largest absolute Gasteiger partial charge is 0.326 e. The average molecular weight is 249 g/mol. The van der Waals surface area contributed by atoms with Crippen molar-refractivity contribution in [2.75, 3.05) is 0 Å². The monoisotopic (exact) mass is 248 g/mol. The van der Waals surface area contributed by atoms with Gasteiger partial charge in [0.1, 0.15) is 5.82 Å². The molecule has 70 valence electrons. The van der Waals surface area contributed by atoms with Gasteiger partial charge in [0, 0.05) is 18.2 Å². The van der Waals surface area contributed by atoms with Gasteiger partial charge >= 0.3 is 0 Å². The second kappa shape index (κ2) is 3.80. The number of nitro groups is 1. The average Bonchev–Trinajstić information content (AvgIpc) is 2.03. The van der Waals surface area contributed by atoms with Gasteiger partial charge < -0.3 is 5.73 Å². The third-order valence-corrected chi connectivity index (χ3v) is 2.17. The van der Waals surface area contributed by atoms with Crippen LogP contribution in [-0.4, -0.2) is 4.92 Å². The van der Waals surface area contributed by atoms with E-state index in [1.807, 2.05) is 0 Å². The number of nitrogens with two attached hydrogens (primary N) is 1. The van der Waals surface area contributed by atoms with Crippen molar-refractivity contribution in [3.05, 3.63) is 38.1 Å². The number of nitrogens with zero attached hydrogens (tertiary/aromatic N) is 1. The molecule has 0 atom stereocenters. The van der Waals surface area contributed by atoms with E-state index in [-0.39, 0.29) is 22.3 Å². The summed E-state index contributed by atoms with van der Waals surface area (Å²) >= 11 is 2.89. The van der Waals surface area contributed by atoms with Gasteiger partial charge in [0.2, 0.25) is 0 Å². The van der Waals surface area contributed by atoms with Crippen LogP contribution in [0.3, 0.4) is 0 Å². The van der Waals surface area contributed by atoms with Crippen LogP contribution in [0.1, 0.15) is 5.56 Å². The molecule has 6 heteroatoms. The van der Waals surface area contributed by atoms with E-state index < -0.39 is 10.7 Å². The minimum Gasteiger partial charge on any atom is -0.326 e. The maximum atomic E-state index is 13.0. The zero-order valence-corrected chi connectivity index (χ0v) is 8.04. The quantitative estimate of drug-likeness (QED) is 0.643. The van der Waals surface area contributed by atoms with Crippen LogP contribution in [0, 0.1) is 15.9 Å². The van der Waals surface area contributed by atoms with Gasteiger partial charge in [-0.2, -0.15) is 0 Å². The summed E-state index contributed by atoms with van der Waals surface area (Å²) in [6.45, 7) is -0.0556. The maximum absolute atomic E-state index is 13.0. The van der Waals surface area contributed by atoms with Crippen LogP contribution >= 0.6 is 15.9 Å². The summed E-state index contributed by atoms with van der Waals surface area (Å²) in [5.74, 6) is -0.542. The van der Waals surface area contributed by atoms with Gasteiger partial charge in [0.05, 0.1) is 9.40 Å². The van der Waals surface area contributed by atoms with Crippen molar-refractivity contribution in [1.82, 2.24) is 0 Å². The zero-order chi connectivity index (χ0) is 10.0. The van der Waals surface area contributed by atoms with E-state index in [9.17, 15) is 14.5 Å². The van der Waals surface area contributed by atoms with Gasteiger partial charge in [0.25, 0.3) is 5.69 Å². The molecule has 0 amide bonds. The van der Waals surface area contributed by atoms with E-state index in [1.54, 1.807) is 0 Å². The highest BCUT2D eigenvalue weighted by molar-refractivity contribution is 9.10. The molecule has 0 saturated heterocycles. The normalized spacial score (nSPS) is 10.1. The predicted molar refractivity (Wildman–Crippen MR) is 48.6 cm³/mol. The fraction of sp³-hybridized carbons (Fsp3) is 0.143. The molecular weight excluding hydrogens is 243 g/mol. The second-order valence-corrected chi connectivity index (χ2v) is 3.21. The SMILES string of the molecule is NCc1cc([N+](=O)[O-])c(Br)cc1F. The maximum Gasteiger partial charge on any atom is 0.284 e. The summed E-state index contributed by atoms with van der Waals surface area (Å²) in [6.07, 6.45) is 0. The highest BCUT2D eigenvalue weighted by Crippen LogP contribution is 2.27. The highest BCUT2D eigenvalue weighted by Gasteiger charge is 2.15. The minimum absolute atomic E-state index is 0.0556. The van der Waals surface area contributed by atoms with Crippen LogP contribution in [0.4, 0.5) is 10.1 Å². The first kappa shape index (κ1) is 10.1. The molecule has 1 aromatic rings. The molecule has 0 saturated carbocycles. The molecule has 0 aliphatic carbocycles. The first-order chi connectivity index (χ1) is 6.06. The van der Waals surface area contributed by atoms with Gasteiger partial charge in [-0.25, -0.2) is 4.39 Å².